The van der Waals surface area contributed by atoms with E-state index in [-0.39, 0.29) is 22.9 Å². The zero-order valence-electron chi connectivity index (χ0n) is 11.5. The number of hydrogen-bond donors (Lipinski definition) is 1. The van der Waals surface area contributed by atoms with Gasteiger partial charge in [-0.1, -0.05) is 0 Å². The summed E-state index contributed by atoms with van der Waals surface area (Å²) in [7, 11) is -1.96. The Balaban J connectivity index is 2.19. The van der Waals surface area contributed by atoms with Gasteiger partial charge in [0.1, 0.15) is 5.69 Å². The zero-order chi connectivity index (χ0) is 15.8. The van der Waals surface area contributed by atoms with Crippen LogP contribution in [0.3, 0.4) is 0 Å². The van der Waals surface area contributed by atoms with E-state index >= 15 is 0 Å². The molecule has 1 aliphatic heterocycles. The van der Waals surface area contributed by atoms with Crippen LogP contribution in [-0.2, 0) is 14.6 Å². The predicted molar refractivity (Wildman–Crippen MR) is 71.1 cm³/mol. The monoisotopic (exact) mass is 322 g/mol. The Morgan fingerprint density at radius 3 is 2.67 bits per heavy atom. The number of aryl methyl sites for hydroxylation is 1. The van der Waals surface area contributed by atoms with Crippen LogP contribution >= 0.6 is 0 Å². The van der Waals surface area contributed by atoms with Crippen molar-refractivity contribution < 1.29 is 26.7 Å². The number of alkyl halides is 2. The lowest BCUT2D eigenvalue weighted by atomic mass is 10.2. The minimum atomic E-state index is -3.30. The van der Waals surface area contributed by atoms with Crippen molar-refractivity contribution in [2.45, 2.75) is 25.6 Å². The van der Waals surface area contributed by atoms with Crippen molar-refractivity contribution in [2.24, 2.45) is 0 Å². The largest absolute Gasteiger partial charge is 0.378 e. The molecule has 118 valence electrons. The number of rotatable bonds is 4. The molecule has 1 aliphatic rings. The lowest BCUT2D eigenvalue weighted by Gasteiger charge is -2.18. The van der Waals surface area contributed by atoms with Gasteiger partial charge in [-0.2, -0.15) is 8.78 Å². The van der Waals surface area contributed by atoms with Crippen molar-refractivity contribution >= 4 is 15.7 Å². The zero-order valence-corrected chi connectivity index (χ0v) is 12.4. The van der Waals surface area contributed by atoms with Gasteiger partial charge < -0.3 is 10.1 Å². The lowest BCUT2D eigenvalue weighted by Crippen LogP contribution is -2.44. The quantitative estimate of drug-likeness (QED) is 0.887. The smallest absolute Gasteiger partial charge is 0.319 e. The Hall–Kier alpha value is -1.48. The van der Waals surface area contributed by atoms with E-state index < -0.39 is 34.4 Å². The number of halogens is 2. The van der Waals surface area contributed by atoms with Gasteiger partial charge in [-0.05, 0) is 19.1 Å². The van der Waals surface area contributed by atoms with Crippen LogP contribution in [0.25, 0.3) is 0 Å². The Morgan fingerprint density at radius 1 is 1.43 bits per heavy atom. The summed E-state index contributed by atoms with van der Waals surface area (Å²) in [5.41, 5.74) is 0.0409. The highest BCUT2D eigenvalue weighted by atomic mass is 32.2. The fraction of sp³-hybridized carbons (Fsp3) is 0.583. The number of carbonyl (C=O) groups is 1. The first kappa shape index (κ1) is 15.9. The molecule has 0 unspecified atom stereocenters. The summed E-state index contributed by atoms with van der Waals surface area (Å²) in [6, 6.07) is 1.94. The number of methoxy groups -OCH3 is 1. The van der Waals surface area contributed by atoms with E-state index in [2.05, 4.69) is 5.32 Å². The van der Waals surface area contributed by atoms with Gasteiger partial charge in [-0.25, -0.2) is 8.42 Å². The summed E-state index contributed by atoms with van der Waals surface area (Å²) in [6.45, 7) is -1.38. The van der Waals surface area contributed by atoms with Crippen LogP contribution in [0.1, 0.15) is 22.7 Å². The van der Waals surface area contributed by atoms with Crippen molar-refractivity contribution in [3.63, 3.8) is 0 Å². The Bertz CT molecular complexity index is 642. The summed E-state index contributed by atoms with van der Waals surface area (Å²) in [4.78, 5) is 12.1. The number of sulfone groups is 1. The first-order valence-corrected chi connectivity index (χ1v) is 8.07. The van der Waals surface area contributed by atoms with Crippen LogP contribution in [0.15, 0.2) is 12.1 Å². The van der Waals surface area contributed by atoms with Crippen LogP contribution in [0.5, 0.6) is 0 Å². The molecule has 21 heavy (non-hydrogen) atoms. The van der Waals surface area contributed by atoms with E-state index in [0.29, 0.717) is 4.57 Å². The molecule has 0 spiro atoms. The molecule has 1 N–H and O–H groups in total. The Kier molecular flexibility index (Phi) is 4.33. The molecule has 2 heterocycles. The van der Waals surface area contributed by atoms with E-state index in [1.165, 1.54) is 26.2 Å². The first-order chi connectivity index (χ1) is 9.75. The second kappa shape index (κ2) is 5.72. The van der Waals surface area contributed by atoms with Crippen LogP contribution in [-0.4, -0.2) is 49.7 Å². The van der Waals surface area contributed by atoms with E-state index in [0.717, 1.165) is 0 Å². The molecule has 0 radical (unpaired) electrons. The third-order valence-electron chi connectivity index (χ3n) is 3.47. The topological polar surface area (TPSA) is 77.4 Å². The molecular formula is C12H16F2N2O4S. The second-order valence-electron chi connectivity index (χ2n) is 4.94. The number of nitrogens with zero attached hydrogens (tertiary/aromatic N) is 1. The maximum Gasteiger partial charge on any atom is 0.319 e. The van der Waals surface area contributed by atoms with E-state index in [4.69, 9.17) is 4.74 Å². The van der Waals surface area contributed by atoms with Crippen molar-refractivity contribution in [1.82, 2.24) is 9.88 Å². The van der Waals surface area contributed by atoms with Crippen molar-refractivity contribution in [3.8, 4) is 0 Å². The molecule has 1 amide bonds. The molecule has 1 fully saturated rings. The summed E-state index contributed by atoms with van der Waals surface area (Å²) >= 11 is 0. The minimum absolute atomic E-state index is 0.191. The second-order valence-corrected chi connectivity index (χ2v) is 7.09. The van der Waals surface area contributed by atoms with Crippen molar-refractivity contribution in [3.05, 3.63) is 23.5 Å². The highest BCUT2D eigenvalue weighted by Gasteiger charge is 2.39. The fourth-order valence-electron chi connectivity index (χ4n) is 2.42. The van der Waals surface area contributed by atoms with Crippen molar-refractivity contribution in [1.29, 1.82) is 0 Å². The summed E-state index contributed by atoms with van der Waals surface area (Å²) in [5, 5.41) is 2.46. The van der Waals surface area contributed by atoms with Gasteiger partial charge in [0.25, 0.3) is 5.91 Å². The van der Waals surface area contributed by atoms with Gasteiger partial charge in [-0.15, -0.1) is 0 Å². The predicted octanol–water partition coefficient (Wildman–Crippen LogP) is 0.733. The molecule has 6 nitrogen and oxygen atoms in total. The number of hydrogen-bond acceptors (Lipinski definition) is 4. The van der Waals surface area contributed by atoms with Gasteiger partial charge in [0.2, 0.25) is 0 Å². The average molecular weight is 322 g/mol. The van der Waals surface area contributed by atoms with Gasteiger partial charge in [0.15, 0.2) is 9.84 Å². The van der Waals surface area contributed by atoms with E-state index in [1.54, 1.807) is 0 Å². The molecule has 0 saturated carbocycles. The fourth-order valence-corrected chi connectivity index (χ4v) is 4.27. The molecule has 1 saturated heterocycles. The van der Waals surface area contributed by atoms with E-state index in [9.17, 15) is 22.0 Å². The molecule has 1 aromatic rings. The lowest BCUT2D eigenvalue weighted by molar-refractivity contribution is 0.0590. The number of amides is 1. The van der Waals surface area contributed by atoms with Gasteiger partial charge in [0.05, 0.1) is 23.7 Å². The van der Waals surface area contributed by atoms with E-state index in [1.807, 2.05) is 0 Å². The Morgan fingerprint density at radius 2 is 2.10 bits per heavy atom. The summed E-state index contributed by atoms with van der Waals surface area (Å²) in [5.74, 6) is -1.19. The minimum Gasteiger partial charge on any atom is -0.378 e. The number of nitrogens with one attached hydrogen (secondary N) is 1. The van der Waals surface area contributed by atoms with Gasteiger partial charge in [-0.3, -0.25) is 9.36 Å². The molecule has 0 bridgehead atoms. The highest BCUT2D eigenvalue weighted by molar-refractivity contribution is 7.91. The number of ether oxygens (including phenoxy) is 1. The van der Waals surface area contributed by atoms with Crippen LogP contribution in [0, 0.1) is 6.92 Å². The van der Waals surface area contributed by atoms with Gasteiger partial charge >= 0.3 is 6.55 Å². The SMILES string of the molecule is CO[C@@H]1CS(=O)(=O)C[C@H]1NC(=O)c1ccc(C)n1C(F)F. The summed E-state index contributed by atoms with van der Waals surface area (Å²) in [6.07, 6.45) is -0.671. The summed E-state index contributed by atoms with van der Waals surface area (Å²) < 4.78 is 54.6. The highest BCUT2D eigenvalue weighted by Crippen LogP contribution is 2.20. The van der Waals surface area contributed by atoms with Crippen molar-refractivity contribution in [2.75, 3.05) is 18.6 Å². The average Bonchev–Trinajstić information content (AvgIpc) is 2.89. The maximum atomic E-state index is 12.9. The number of carbonyl (C=O) groups excluding carboxylic acids is 1. The third kappa shape index (κ3) is 3.24. The normalized spacial score (nSPS) is 24.4. The molecule has 0 aliphatic carbocycles. The molecule has 2 atom stereocenters. The molecule has 1 aromatic heterocycles. The van der Waals surface area contributed by atoms with Crippen LogP contribution < -0.4 is 5.32 Å². The molecule has 9 heteroatoms. The first-order valence-electron chi connectivity index (χ1n) is 6.25. The molecular weight excluding hydrogens is 306 g/mol. The van der Waals surface area contributed by atoms with Crippen LogP contribution in [0.4, 0.5) is 8.78 Å². The standard InChI is InChI=1S/C12H16F2N2O4S/c1-7-3-4-9(16(7)12(13)14)11(17)15-8-5-21(18,19)6-10(8)20-2/h3-4,8,10,12H,5-6H2,1-2H3,(H,15,17)/t8-,10-/m1/s1. The molecule has 0 aromatic carbocycles. The molecule has 2 rings (SSSR count). The maximum absolute atomic E-state index is 12.9. The Labute approximate surface area is 121 Å². The number of aromatic nitrogens is 1. The third-order valence-corrected chi connectivity index (χ3v) is 5.17. The van der Waals surface area contributed by atoms with Crippen LogP contribution in [0.2, 0.25) is 0 Å². The van der Waals surface area contributed by atoms with Gasteiger partial charge in [0, 0.05) is 12.8 Å².